The molecule has 0 aliphatic carbocycles. The second-order valence-corrected chi connectivity index (χ2v) is 10.7. The lowest BCUT2D eigenvalue weighted by molar-refractivity contribution is -0.160. The van der Waals surface area contributed by atoms with Gasteiger partial charge in [-0.25, -0.2) is 18.9 Å². The highest BCUT2D eigenvalue weighted by Crippen LogP contribution is 2.33. The average Bonchev–Trinajstić information content (AvgIpc) is 3.34. The van der Waals surface area contributed by atoms with Crippen molar-refractivity contribution in [2.45, 2.75) is 52.2 Å². The lowest BCUT2D eigenvalue weighted by Crippen LogP contribution is -2.39. The van der Waals surface area contributed by atoms with Gasteiger partial charge in [-0.3, -0.25) is 9.78 Å². The van der Waals surface area contributed by atoms with Gasteiger partial charge in [-0.15, -0.1) is 0 Å². The van der Waals surface area contributed by atoms with Crippen LogP contribution < -0.4 is 10.2 Å². The topological polar surface area (TPSA) is 97.5 Å². The molecule has 9 nitrogen and oxygen atoms in total. The zero-order valence-electron chi connectivity index (χ0n) is 22.4. The van der Waals surface area contributed by atoms with Gasteiger partial charge in [0.2, 0.25) is 5.82 Å². The Labute approximate surface area is 225 Å². The van der Waals surface area contributed by atoms with Crippen LogP contribution in [0.2, 0.25) is 0 Å². The maximum atomic E-state index is 16.0. The second kappa shape index (κ2) is 10.5. The summed E-state index contributed by atoms with van der Waals surface area (Å²) in [7, 11) is 0. The molecule has 0 aromatic carbocycles. The molecule has 5 heterocycles. The number of anilines is 2. The smallest absolute Gasteiger partial charge is 0.309 e. The molecule has 39 heavy (non-hydrogen) atoms. The van der Waals surface area contributed by atoms with Crippen molar-refractivity contribution in [2.75, 3.05) is 23.3 Å². The molecule has 0 unspecified atom stereocenters. The van der Waals surface area contributed by atoms with Crippen molar-refractivity contribution in [3.63, 3.8) is 0 Å². The number of ether oxygens (including phenoxy) is 1. The van der Waals surface area contributed by atoms with Crippen molar-refractivity contribution in [2.24, 2.45) is 5.92 Å². The van der Waals surface area contributed by atoms with E-state index in [1.807, 2.05) is 50.1 Å². The van der Waals surface area contributed by atoms with Gasteiger partial charge in [-0.1, -0.05) is 6.07 Å². The summed E-state index contributed by atoms with van der Waals surface area (Å²) in [6.07, 6.45) is 5.61. The third kappa shape index (κ3) is 5.81. The van der Waals surface area contributed by atoms with Gasteiger partial charge >= 0.3 is 5.97 Å². The summed E-state index contributed by atoms with van der Waals surface area (Å²) in [4.78, 5) is 27.7. The van der Waals surface area contributed by atoms with E-state index in [9.17, 15) is 9.18 Å². The lowest BCUT2D eigenvalue weighted by atomic mass is 9.96. The van der Waals surface area contributed by atoms with Crippen LogP contribution in [0.4, 0.5) is 20.4 Å². The number of hydrogen-bond donors (Lipinski definition) is 1. The molecule has 204 valence electrons. The van der Waals surface area contributed by atoms with Crippen LogP contribution in [0.5, 0.6) is 0 Å². The molecule has 1 aliphatic heterocycles. The lowest BCUT2D eigenvalue weighted by Gasteiger charge is -2.33. The van der Waals surface area contributed by atoms with Crippen LogP contribution in [0.1, 0.15) is 52.3 Å². The van der Waals surface area contributed by atoms with Crippen LogP contribution in [0, 0.1) is 17.6 Å². The zero-order chi connectivity index (χ0) is 27.7. The Balaban J connectivity index is 1.47. The van der Waals surface area contributed by atoms with E-state index in [2.05, 4.69) is 25.4 Å². The Kier molecular flexibility index (Phi) is 7.16. The minimum atomic E-state index is -0.611. The quantitative estimate of drug-likeness (QED) is 0.337. The van der Waals surface area contributed by atoms with E-state index in [0.717, 1.165) is 11.7 Å². The number of rotatable bonds is 6. The molecule has 1 saturated heterocycles. The number of carbonyl (C=O) groups is 1. The second-order valence-electron chi connectivity index (χ2n) is 10.7. The number of nitrogens with one attached hydrogen (secondary N) is 1. The summed E-state index contributed by atoms with van der Waals surface area (Å²) in [6, 6.07) is 8.02. The maximum absolute atomic E-state index is 16.0. The highest BCUT2D eigenvalue weighted by Gasteiger charge is 2.32. The first kappa shape index (κ1) is 26.5. The van der Waals surface area contributed by atoms with E-state index < -0.39 is 23.3 Å². The molecule has 1 atom stereocenters. The molecule has 5 rings (SSSR count). The Morgan fingerprint density at radius 1 is 1.10 bits per heavy atom. The monoisotopic (exact) mass is 535 g/mol. The van der Waals surface area contributed by atoms with Crippen LogP contribution in [-0.4, -0.2) is 49.2 Å². The number of halogens is 2. The largest absolute Gasteiger partial charge is 0.460 e. The molecule has 1 fully saturated rings. The Hall–Kier alpha value is -4.15. The van der Waals surface area contributed by atoms with Gasteiger partial charge in [-0.05, 0) is 64.8 Å². The number of pyridine rings is 2. The highest BCUT2D eigenvalue weighted by molar-refractivity contribution is 5.77. The number of carbonyl (C=O) groups excluding carboxylic acids is 1. The molecule has 1 N–H and O–H groups in total. The van der Waals surface area contributed by atoms with Crippen molar-refractivity contribution < 1.29 is 18.3 Å². The number of aromatic nitrogens is 5. The van der Waals surface area contributed by atoms with Crippen molar-refractivity contribution in [1.82, 2.24) is 24.6 Å². The summed E-state index contributed by atoms with van der Waals surface area (Å²) < 4.78 is 36.6. The van der Waals surface area contributed by atoms with Crippen LogP contribution in [-0.2, 0) is 9.53 Å². The summed E-state index contributed by atoms with van der Waals surface area (Å²) in [5.41, 5.74) is 1.40. The third-order valence-corrected chi connectivity index (χ3v) is 6.58. The Morgan fingerprint density at radius 2 is 1.87 bits per heavy atom. The molecule has 0 amide bonds. The van der Waals surface area contributed by atoms with E-state index in [4.69, 9.17) is 4.74 Å². The van der Waals surface area contributed by atoms with Gasteiger partial charge in [0.25, 0.3) is 0 Å². The molecule has 4 aromatic heterocycles. The van der Waals surface area contributed by atoms with Gasteiger partial charge in [0.15, 0.2) is 17.5 Å². The standard InChI is InChI=1S/C28H31F2N7O2/c1-17(21-9-8-19(29)15-31-21)33-25-23(30)26(36-13-10-18(11-14-36)27(38)39-28(2,3)4)35-24(34-25)20-16-32-37-12-6-5-7-22(20)37/h5-9,12,15-18H,10-11,13-14H2,1-4H3,(H,33,34,35)/t17-/m0/s1. The number of hydrogen-bond acceptors (Lipinski definition) is 8. The highest BCUT2D eigenvalue weighted by atomic mass is 19.1. The van der Waals surface area contributed by atoms with Gasteiger partial charge in [0.05, 0.1) is 41.1 Å². The SMILES string of the molecule is C[C@H](Nc1nc(-c2cnn3ccccc23)nc(N2CCC(C(=O)OC(C)(C)C)CC2)c1F)c1ccc(F)cn1. The fourth-order valence-corrected chi connectivity index (χ4v) is 4.60. The van der Waals surface area contributed by atoms with Crippen LogP contribution in [0.25, 0.3) is 16.9 Å². The number of esters is 1. The predicted molar refractivity (Wildman–Crippen MR) is 143 cm³/mol. The maximum Gasteiger partial charge on any atom is 0.309 e. The minimum Gasteiger partial charge on any atom is -0.460 e. The summed E-state index contributed by atoms with van der Waals surface area (Å²) in [6.45, 7) is 8.18. The number of piperidine rings is 1. The van der Waals surface area contributed by atoms with E-state index in [1.165, 1.54) is 6.07 Å². The molecular weight excluding hydrogens is 504 g/mol. The molecular formula is C28H31F2N7O2. The summed E-state index contributed by atoms with van der Waals surface area (Å²) >= 11 is 0. The van der Waals surface area contributed by atoms with E-state index in [-0.39, 0.29) is 23.5 Å². The summed E-state index contributed by atoms with van der Waals surface area (Å²) in [5.74, 6) is -1.11. The van der Waals surface area contributed by atoms with E-state index in [0.29, 0.717) is 43.0 Å². The summed E-state index contributed by atoms with van der Waals surface area (Å²) in [5, 5.41) is 7.47. The van der Waals surface area contributed by atoms with E-state index >= 15 is 4.39 Å². The van der Waals surface area contributed by atoms with E-state index in [1.54, 1.807) is 23.7 Å². The van der Waals surface area contributed by atoms with Gasteiger partial charge in [-0.2, -0.15) is 9.49 Å². The number of fused-ring (bicyclic) bond motifs is 1. The van der Waals surface area contributed by atoms with Crippen LogP contribution in [0.3, 0.4) is 0 Å². The first-order valence-corrected chi connectivity index (χ1v) is 12.9. The third-order valence-electron chi connectivity index (χ3n) is 6.58. The van der Waals surface area contributed by atoms with Crippen molar-refractivity contribution in [3.05, 3.63) is 66.3 Å². The molecule has 0 spiro atoms. The van der Waals surface area contributed by atoms with Crippen molar-refractivity contribution >= 4 is 23.1 Å². The van der Waals surface area contributed by atoms with Gasteiger partial charge < -0.3 is 15.0 Å². The fraction of sp³-hybridized carbons (Fsp3) is 0.393. The first-order chi connectivity index (χ1) is 18.6. The van der Waals surface area contributed by atoms with Crippen LogP contribution >= 0.6 is 0 Å². The molecule has 0 radical (unpaired) electrons. The fourth-order valence-electron chi connectivity index (χ4n) is 4.60. The van der Waals surface area contributed by atoms with Crippen LogP contribution in [0.15, 0.2) is 48.9 Å². The predicted octanol–water partition coefficient (Wildman–Crippen LogP) is 5.20. The van der Waals surface area contributed by atoms with Crippen molar-refractivity contribution in [1.29, 1.82) is 0 Å². The number of nitrogens with zero attached hydrogens (tertiary/aromatic N) is 6. The van der Waals surface area contributed by atoms with Gasteiger partial charge in [0.1, 0.15) is 11.4 Å². The average molecular weight is 536 g/mol. The Bertz CT molecular complexity index is 1480. The normalized spacial score (nSPS) is 15.4. The minimum absolute atomic E-state index is 0.00169. The molecule has 11 heteroatoms. The van der Waals surface area contributed by atoms with Crippen molar-refractivity contribution in [3.8, 4) is 11.4 Å². The Morgan fingerprint density at radius 3 is 2.56 bits per heavy atom. The zero-order valence-corrected chi connectivity index (χ0v) is 22.4. The first-order valence-electron chi connectivity index (χ1n) is 12.9. The molecule has 1 aliphatic rings. The molecule has 0 saturated carbocycles. The van der Waals surface area contributed by atoms with Gasteiger partial charge in [0, 0.05) is 19.3 Å². The molecule has 0 bridgehead atoms. The molecule has 4 aromatic rings.